The highest BCUT2D eigenvalue weighted by molar-refractivity contribution is 4.96. The molecule has 5 nitrogen and oxygen atoms in total. The van der Waals surface area contributed by atoms with E-state index in [1.165, 1.54) is 0 Å². The van der Waals surface area contributed by atoms with Crippen LogP contribution >= 0.6 is 0 Å². The molecule has 2 unspecified atom stereocenters. The molecule has 1 aromatic heterocycles. The van der Waals surface area contributed by atoms with Crippen LogP contribution in [0.2, 0.25) is 0 Å². The molecule has 0 fully saturated rings. The van der Waals surface area contributed by atoms with Crippen LogP contribution in [0, 0.1) is 11.8 Å². The monoisotopic (exact) mass is 241 g/mol. The van der Waals surface area contributed by atoms with Crippen LogP contribution in [0.25, 0.3) is 0 Å². The standard InChI is InChI=1S/C12H23N3O2/c1-7(2)6-9(13)12-14-11(15-17-12)10(16-5)8(3)4/h7-10H,6,13H2,1-5H3. The molecule has 0 saturated heterocycles. The van der Waals surface area contributed by atoms with E-state index in [1.54, 1.807) is 7.11 Å². The average Bonchev–Trinajstić information content (AvgIpc) is 2.66. The molecule has 1 heterocycles. The fraction of sp³-hybridized carbons (Fsp3) is 0.833. The van der Waals surface area contributed by atoms with Gasteiger partial charge in [0.05, 0.1) is 6.04 Å². The summed E-state index contributed by atoms with van der Waals surface area (Å²) in [7, 11) is 1.65. The Labute approximate surface area is 103 Å². The molecule has 0 saturated carbocycles. The summed E-state index contributed by atoms with van der Waals surface area (Å²) in [5.74, 6) is 1.88. The van der Waals surface area contributed by atoms with Crippen molar-refractivity contribution in [2.45, 2.75) is 46.3 Å². The summed E-state index contributed by atoms with van der Waals surface area (Å²) in [4.78, 5) is 4.33. The van der Waals surface area contributed by atoms with Crippen molar-refractivity contribution in [3.8, 4) is 0 Å². The van der Waals surface area contributed by atoms with Crippen LogP contribution in [0.5, 0.6) is 0 Å². The number of hydrogen-bond donors (Lipinski definition) is 1. The molecule has 98 valence electrons. The molecular weight excluding hydrogens is 218 g/mol. The van der Waals surface area contributed by atoms with E-state index in [-0.39, 0.29) is 12.1 Å². The van der Waals surface area contributed by atoms with E-state index in [0.29, 0.717) is 23.6 Å². The Morgan fingerprint density at radius 3 is 2.41 bits per heavy atom. The number of rotatable bonds is 6. The van der Waals surface area contributed by atoms with E-state index in [2.05, 4.69) is 37.8 Å². The molecule has 1 aromatic rings. The maximum Gasteiger partial charge on any atom is 0.243 e. The zero-order valence-corrected chi connectivity index (χ0v) is 11.3. The first-order valence-corrected chi connectivity index (χ1v) is 6.07. The molecule has 1 rings (SSSR count). The third kappa shape index (κ3) is 3.78. The Balaban J connectivity index is 2.76. The van der Waals surface area contributed by atoms with Gasteiger partial charge in [0.25, 0.3) is 0 Å². The summed E-state index contributed by atoms with van der Waals surface area (Å²) in [5, 5.41) is 3.95. The molecule has 5 heteroatoms. The van der Waals surface area contributed by atoms with Crippen molar-refractivity contribution in [3.05, 3.63) is 11.7 Å². The highest BCUT2D eigenvalue weighted by Crippen LogP contribution is 2.24. The Hall–Kier alpha value is -0.940. The van der Waals surface area contributed by atoms with Crippen molar-refractivity contribution >= 4 is 0 Å². The lowest BCUT2D eigenvalue weighted by Crippen LogP contribution is -2.14. The first-order valence-electron chi connectivity index (χ1n) is 6.07. The highest BCUT2D eigenvalue weighted by Gasteiger charge is 2.23. The SMILES string of the molecule is COC(c1noc(C(N)CC(C)C)n1)C(C)C. The predicted molar refractivity (Wildman–Crippen MR) is 65.3 cm³/mol. The van der Waals surface area contributed by atoms with Crippen LogP contribution in [0.1, 0.15) is 58.0 Å². The van der Waals surface area contributed by atoms with Crippen LogP contribution in [-0.4, -0.2) is 17.3 Å². The fourth-order valence-electron chi connectivity index (χ4n) is 1.80. The number of aromatic nitrogens is 2. The molecule has 0 amide bonds. The summed E-state index contributed by atoms with van der Waals surface area (Å²) >= 11 is 0. The largest absolute Gasteiger partial charge is 0.373 e. The summed E-state index contributed by atoms with van der Waals surface area (Å²) in [6.07, 6.45) is 0.694. The Bertz CT molecular complexity index is 336. The first-order chi connectivity index (χ1) is 7.95. The normalized spacial score (nSPS) is 15.5. The number of nitrogens with two attached hydrogens (primary N) is 1. The van der Waals surface area contributed by atoms with Gasteiger partial charge in [-0.15, -0.1) is 0 Å². The minimum absolute atomic E-state index is 0.140. The summed E-state index contributed by atoms with van der Waals surface area (Å²) in [5.41, 5.74) is 5.99. The van der Waals surface area contributed by atoms with Crippen molar-refractivity contribution in [1.29, 1.82) is 0 Å². The van der Waals surface area contributed by atoms with E-state index in [4.69, 9.17) is 15.0 Å². The van der Waals surface area contributed by atoms with Gasteiger partial charge >= 0.3 is 0 Å². The maximum absolute atomic E-state index is 5.99. The molecule has 2 N–H and O–H groups in total. The van der Waals surface area contributed by atoms with Crippen LogP contribution < -0.4 is 5.73 Å². The molecule has 17 heavy (non-hydrogen) atoms. The van der Waals surface area contributed by atoms with Gasteiger partial charge in [-0.1, -0.05) is 32.9 Å². The van der Waals surface area contributed by atoms with Crippen molar-refractivity contribution < 1.29 is 9.26 Å². The minimum Gasteiger partial charge on any atom is -0.373 e. The van der Waals surface area contributed by atoms with Gasteiger partial charge in [0.1, 0.15) is 6.10 Å². The maximum atomic E-state index is 5.99. The van der Waals surface area contributed by atoms with Crippen molar-refractivity contribution in [1.82, 2.24) is 10.1 Å². The van der Waals surface area contributed by atoms with Crippen molar-refractivity contribution in [2.24, 2.45) is 17.6 Å². The van der Waals surface area contributed by atoms with Gasteiger partial charge in [0, 0.05) is 7.11 Å². The Morgan fingerprint density at radius 2 is 1.94 bits per heavy atom. The number of methoxy groups -OCH3 is 1. The van der Waals surface area contributed by atoms with E-state index >= 15 is 0 Å². The van der Waals surface area contributed by atoms with Crippen LogP contribution in [0.3, 0.4) is 0 Å². The third-order valence-corrected chi connectivity index (χ3v) is 2.61. The van der Waals surface area contributed by atoms with E-state index in [0.717, 1.165) is 6.42 Å². The average molecular weight is 241 g/mol. The number of hydrogen-bond acceptors (Lipinski definition) is 5. The van der Waals surface area contributed by atoms with Gasteiger partial charge in [-0.25, -0.2) is 0 Å². The zero-order valence-electron chi connectivity index (χ0n) is 11.3. The van der Waals surface area contributed by atoms with Crippen LogP contribution in [-0.2, 0) is 4.74 Å². The summed E-state index contributed by atoms with van der Waals surface area (Å²) in [6.45, 7) is 8.34. The molecule has 0 spiro atoms. The predicted octanol–water partition coefficient (Wildman–Crippen LogP) is 2.46. The molecule has 2 atom stereocenters. The van der Waals surface area contributed by atoms with Crippen LogP contribution in [0.15, 0.2) is 4.52 Å². The molecule has 0 aliphatic heterocycles. The number of nitrogens with zero attached hydrogens (tertiary/aromatic N) is 2. The van der Waals surface area contributed by atoms with Crippen molar-refractivity contribution in [3.63, 3.8) is 0 Å². The smallest absolute Gasteiger partial charge is 0.243 e. The highest BCUT2D eigenvalue weighted by atomic mass is 16.5. The van der Waals surface area contributed by atoms with Gasteiger partial charge in [-0.05, 0) is 18.3 Å². The van der Waals surface area contributed by atoms with E-state index in [9.17, 15) is 0 Å². The van der Waals surface area contributed by atoms with Crippen LogP contribution in [0.4, 0.5) is 0 Å². The zero-order chi connectivity index (χ0) is 13.0. The second-order valence-electron chi connectivity index (χ2n) is 5.13. The molecule has 0 aromatic carbocycles. The fourth-order valence-corrected chi connectivity index (χ4v) is 1.80. The van der Waals surface area contributed by atoms with Gasteiger partial charge in [0.2, 0.25) is 11.7 Å². The molecule has 0 radical (unpaired) electrons. The lowest BCUT2D eigenvalue weighted by atomic mass is 10.0. The quantitative estimate of drug-likeness (QED) is 0.828. The lowest BCUT2D eigenvalue weighted by Gasteiger charge is -2.14. The van der Waals surface area contributed by atoms with Gasteiger partial charge in [-0.3, -0.25) is 0 Å². The van der Waals surface area contributed by atoms with Crippen molar-refractivity contribution in [2.75, 3.05) is 7.11 Å². The molecular formula is C12H23N3O2. The Morgan fingerprint density at radius 1 is 1.29 bits per heavy atom. The second kappa shape index (κ2) is 6.12. The number of ether oxygens (including phenoxy) is 1. The Kier molecular flexibility index (Phi) is 5.08. The van der Waals surface area contributed by atoms with E-state index < -0.39 is 0 Å². The molecule has 0 aliphatic rings. The van der Waals surface area contributed by atoms with Gasteiger partial charge in [-0.2, -0.15) is 4.98 Å². The van der Waals surface area contributed by atoms with Gasteiger partial charge < -0.3 is 15.0 Å². The van der Waals surface area contributed by atoms with E-state index in [1.807, 2.05) is 0 Å². The molecule has 0 bridgehead atoms. The first kappa shape index (κ1) is 14.1. The second-order valence-corrected chi connectivity index (χ2v) is 5.13. The third-order valence-electron chi connectivity index (χ3n) is 2.61. The summed E-state index contributed by atoms with van der Waals surface area (Å²) in [6, 6.07) is -0.194. The topological polar surface area (TPSA) is 74.2 Å². The summed E-state index contributed by atoms with van der Waals surface area (Å²) < 4.78 is 10.5. The molecule has 0 aliphatic carbocycles. The van der Waals surface area contributed by atoms with Gasteiger partial charge in [0.15, 0.2) is 0 Å². The lowest BCUT2D eigenvalue weighted by molar-refractivity contribution is 0.0555. The minimum atomic E-state index is -0.194.